The first kappa shape index (κ1) is 13.3. The molecule has 0 amide bonds. The molecule has 0 aliphatic carbocycles. The molecule has 0 spiro atoms. The number of carboxylic acids is 1. The van der Waals surface area contributed by atoms with Gasteiger partial charge in [-0.25, -0.2) is 4.79 Å². The van der Waals surface area contributed by atoms with Crippen LogP contribution in [0.2, 0.25) is 0 Å². The number of pyridine rings is 1. The van der Waals surface area contributed by atoms with E-state index >= 15 is 0 Å². The van der Waals surface area contributed by atoms with Crippen molar-refractivity contribution in [1.29, 1.82) is 0 Å². The molecular weight excluding hydrogens is 242 g/mol. The Kier molecular flexibility index (Phi) is 3.94. The van der Waals surface area contributed by atoms with Crippen LogP contribution >= 0.6 is 0 Å². The van der Waals surface area contributed by atoms with Gasteiger partial charge in [-0.05, 0) is 25.0 Å². The number of hydrogen-bond donors (Lipinski definition) is 1. The summed E-state index contributed by atoms with van der Waals surface area (Å²) in [6, 6.07) is 5.60. The van der Waals surface area contributed by atoms with E-state index in [4.69, 9.17) is 0 Å². The molecular formula is C14H17N3O2. The van der Waals surface area contributed by atoms with Crippen LogP contribution in [0.4, 0.5) is 0 Å². The highest BCUT2D eigenvalue weighted by molar-refractivity contribution is 5.94. The van der Waals surface area contributed by atoms with Gasteiger partial charge in [-0.15, -0.1) is 0 Å². The zero-order chi connectivity index (χ0) is 13.8. The maximum Gasteiger partial charge on any atom is 0.339 e. The molecule has 0 bridgehead atoms. The zero-order valence-corrected chi connectivity index (χ0v) is 11.1. The molecule has 5 nitrogen and oxygen atoms in total. The summed E-state index contributed by atoms with van der Waals surface area (Å²) in [6.45, 7) is 4.13. The van der Waals surface area contributed by atoms with Crippen LogP contribution < -0.4 is 0 Å². The van der Waals surface area contributed by atoms with Gasteiger partial charge in [-0.3, -0.25) is 9.67 Å². The normalized spacial score (nSPS) is 10.9. The van der Waals surface area contributed by atoms with Gasteiger partial charge in [-0.2, -0.15) is 5.10 Å². The highest BCUT2D eigenvalue weighted by Gasteiger charge is 2.20. The zero-order valence-electron chi connectivity index (χ0n) is 11.1. The third-order valence-corrected chi connectivity index (χ3v) is 3.19. The molecule has 0 saturated heterocycles. The summed E-state index contributed by atoms with van der Waals surface area (Å²) in [5.41, 5.74) is 1.22. The summed E-state index contributed by atoms with van der Waals surface area (Å²) in [4.78, 5) is 15.5. The topological polar surface area (TPSA) is 68.0 Å². The number of aromatic nitrogens is 3. The van der Waals surface area contributed by atoms with Gasteiger partial charge < -0.3 is 5.11 Å². The van der Waals surface area contributed by atoms with E-state index in [2.05, 4.69) is 23.9 Å². The first-order chi connectivity index (χ1) is 9.17. The molecule has 0 aromatic carbocycles. The monoisotopic (exact) mass is 259 g/mol. The smallest absolute Gasteiger partial charge is 0.339 e. The number of carboxylic acid groups (broad SMARTS) is 1. The number of hydrogen-bond acceptors (Lipinski definition) is 3. The number of nitrogens with zero attached hydrogens (tertiary/aromatic N) is 3. The van der Waals surface area contributed by atoms with Gasteiger partial charge in [0.15, 0.2) is 0 Å². The molecule has 5 heteroatoms. The fourth-order valence-electron chi connectivity index (χ4n) is 2.09. The summed E-state index contributed by atoms with van der Waals surface area (Å²) >= 11 is 0. The van der Waals surface area contributed by atoms with E-state index in [-0.39, 0.29) is 11.6 Å². The molecule has 2 aromatic heterocycles. The molecule has 2 aromatic rings. The SMILES string of the molecule is CCC(CC)n1cc(C(=O)O)c(-c2ccccn2)n1. The summed E-state index contributed by atoms with van der Waals surface area (Å²) in [7, 11) is 0. The van der Waals surface area contributed by atoms with Crippen molar-refractivity contribution >= 4 is 5.97 Å². The number of carbonyl (C=O) groups is 1. The molecule has 0 saturated carbocycles. The van der Waals surface area contributed by atoms with Gasteiger partial charge in [0.25, 0.3) is 0 Å². The minimum Gasteiger partial charge on any atom is -0.478 e. The minimum atomic E-state index is -0.974. The number of rotatable bonds is 5. The average Bonchev–Trinajstić information content (AvgIpc) is 2.86. The summed E-state index contributed by atoms with van der Waals surface area (Å²) in [6.07, 6.45) is 5.07. The Morgan fingerprint density at radius 1 is 1.37 bits per heavy atom. The molecule has 0 unspecified atom stereocenters. The maximum atomic E-state index is 11.3. The summed E-state index contributed by atoms with van der Waals surface area (Å²) in [5.74, 6) is -0.974. The van der Waals surface area contributed by atoms with Gasteiger partial charge in [-0.1, -0.05) is 19.9 Å². The fourth-order valence-corrected chi connectivity index (χ4v) is 2.09. The molecule has 0 aliphatic rings. The molecule has 100 valence electrons. The maximum absolute atomic E-state index is 11.3. The lowest BCUT2D eigenvalue weighted by Crippen LogP contribution is -2.07. The van der Waals surface area contributed by atoms with Crippen LogP contribution in [0, 0.1) is 0 Å². The lowest BCUT2D eigenvalue weighted by atomic mass is 10.1. The molecule has 2 rings (SSSR count). The second-order valence-electron chi connectivity index (χ2n) is 4.36. The van der Waals surface area contributed by atoms with Crippen molar-refractivity contribution in [3.05, 3.63) is 36.2 Å². The van der Waals surface area contributed by atoms with Crippen LogP contribution in [0.5, 0.6) is 0 Å². The van der Waals surface area contributed by atoms with Crippen LogP contribution in [0.15, 0.2) is 30.6 Å². The van der Waals surface area contributed by atoms with Gasteiger partial charge >= 0.3 is 5.97 Å². The van der Waals surface area contributed by atoms with E-state index in [0.29, 0.717) is 11.4 Å². The molecule has 19 heavy (non-hydrogen) atoms. The second kappa shape index (κ2) is 5.65. The quantitative estimate of drug-likeness (QED) is 0.896. The first-order valence-electron chi connectivity index (χ1n) is 6.41. The number of aromatic carboxylic acids is 1. The van der Waals surface area contributed by atoms with Gasteiger partial charge in [0.2, 0.25) is 0 Å². The van der Waals surface area contributed by atoms with Crippen LogP contribution in [0.25, 0.3) is 11.4 Å². The van der Waals surface area contributed by atoms with Crippen molar-refractivity contribution in [1.82, 2.24) is 14.8 Å². The largest absolute Gasteiger partial charge is 0.478 e. The van der Waals surface area contributed by atoms with Crippen molar-refractivity contribution in [2.24, 2.45) is 0 Å². The van der Waals surface area contributed by atoms with E-state index in [1.807, 2.05) is 6.07 Å². The Labute approximate surface area is 111 Å². The Balaban J connectivity index is 2.51. The third-order valence-electron chi connectivity index (χ3n) is 3.19. The van der Waals surface area contributed by atoms with E-state index in [0.717, 1.165) is 12.8 Å². The Morgan fingerprint density at radius 2 is 2.11 bits per heavy atom. The molecule has 0 fully saturated rings. The van der Waals surface area contributed by atoms with E-state index in [9.17, 15) is 9.90 Å². The van der Waals surface area contributed by atoms with E-state index in [1.54, 1.807) is 29.2 Å². The summed E-state index contributed by atoms with van der Waals surface area (Å²) in [5, 5.41) is 13.7. The van der Waals surface area contributed by atoms with E-state index < -0.39 is 5.97 Å². The highest BCUT2D eigenvalue weighted by atomic mass is 16.4. The van der Waals surface area contributed by atoms with Crippen molar-refractivity contribution in [3.8, 4) is 11.4 Å². The average molecular weight is 259 g/mol. The van der Waals surface area contributed by atoms with Crippen LogP contribution in [-0.4, -0.2) is 25.8 Å². The van der Waals surface area contributed by atoms with Crippen molar-refractivity contribution in [2.45, 2.75) is 32.7 Å². The predicted molar refractivity (Wildman–Crippen MR) is 72.0 cm³/mol. The van der Waals surface area contributed by atoms with Crippen LogP contribution in [-0.2, 0) is 0 Å². The van der Waals surface area contributed by atoms with Crippen LogP contribution in [0.1, 0.15) is 43.1 Å². The molecule has 1 N–H and O–H groups in total. The molecule has 0 radical (unpaired) electrons. The lowest BCUT2D eigenvalue weighted by Gasteiger charge is -2.12. The molecule has 0 atom stereocenters. The third kappa shape index (κ3) is 2.65. The standard InChI is InChI=1S/C14H17N3O2/c1-3-10(4-2)17-9-11(14(18)19)13(16-17)12-7-5-6-8-15-12/h5-10H,3-4H2,1-2H3,(H,18,19). The Bertz CT molecular complexity index is 559. The van der Waals surface area contributed by atoms with Crippen molar-refractivity contribution in [2.75, 3.05) is 0 Å². The minimum absolute atomic E-state index is 0.200. The lowest BCUT2D eigenvalue weighted by molar-refractivity contribution is 0.0697. The van der Waals surface area contributed by atoms with Gasteiger partial charge in [0.1, 0.15) is 11.3 Å². The van der Waals surface area contributed by atoms with Gasteiger partial charge in [0.05, 0.1) is 11.7 Å². The predicted octanol–water partition coefficient (Wildman–Crippen LogP) is 3.00. The van der Waals surface area contributed by atoms with Crippen molar-refractivity contribution in [3.63, 3.8) is 0 Å². The second-order valence-corrected chi connectivity index (χ2v) is 4.36. The Hall–Kier alpha value is -2.17. The van der Waals surface area contributed by atoms with Gasteiger partial charge in [0, 0.05) is 12.4 Å². The van der Waals surface area contributed by atoms with Crippen molar-refractivity contribution < 1.29 is 9.90 Å². The first-order valence-corrected chi connectivity index (χ1v) is 6.41. The van der Waals surface area contributed by atoms with E-state index in [1.165, 1.54) is 0 Å². The fraction of sp³-hybridized carbons (Fsp3) is 0.357. The Morgan fingerprint density at radius 3 is 2.63 bits per heavy atom. The van der Waals surface area contributed by atoms with Crippen LogP contribution in [0.3, 0.4) is 0 Å². The summed E-state index contributed by atoms with van der Waals surface area (Å²) < 4.78 is 1.74. The molecule has 0 aliphatic heterocycles. The highest BCUT2D eigenvalue weighted by Crippen LogP contribution is 2.23. The molecule has 2 heterocycles.